The fourth-order valence-electron chi connectivity index (χ4n) is 0.687. The smallest absolute Gasteiger partial charge is 0.425 e. The first-order valence-corrected chi connectivity index (χ1v) is 5.97. The number of aliphatic hydroxyl groups is 2. The first kappa shape index (κ1) is 17.2. The van der Waals surface area contributed by atoms with Gasteiger partial charge in [-0.25, -0.2) is 4.79 Å². The Morgan fingerprint density at radius 1 is 0.722 bits per heavy atom. The van der Waals surface area contributed by atoms with Crippen LogP contribution in [-0.4, -0.2) is 38.8 Å². The van der Waals surface area contributed by atoms with E-state index < -0.39 is 28.6 Å². The Morgan fingerprint density at radius 3 is 1.11 bits per heavy atom. The third kappa shape index (κ3) is 4.14. The van der Waals surface area contributed by atoms with Crippen LogP contribution < -0.4 is 0 Å². The van der Waals surface area contributed by atoms with E-state index in [1.165, 1.54) is 0 Å². The minimum atomic E-state index is -1.20. The third-order valence-corrected chi connectivity index (χ3v) is 3.62. The zero-order valence-corrected chi connectivity index (χ0v) is 12.6. The number of hydrogen-bond donors (Lipinski definition) is 2. The Labute approximate surface area is 109 Å². The summed E-state index contributed by atoms with van der Waals surface area (Å²) in [5.41, 5.74) is -4.60. The van der Waals surface area contributed by atoms with Gasteiger partial charge < -0.3 is 19.7 Å². The van der Waals surface area contributed by atoms with E-state index in [1.54, 1.807) is 55.4 Å². The molecule has 0 radical (unpaired) electrons. The molecule has 0 atom stereocenters. The van der Waals surface area contributed by atoms with Crippen molar-refractivity contribution in [2.24, 2.45) is 0 Å². The monoisotopic (exact) mass is 262 g/mol. The van der Waals surface area contributed by atoms with Gasteiger partial charge in [-0.05, 0) is 55.4 Å². The van der Waals surface area contributed by atoms with Crippen LogP contribution in [0.25, 0.3) is 0 Å². The van der Waals surface area contributed by atoms with Gasteiger partial charge >= 0.3 is 6.16 Å². The van der Waals surface area contributed by atoms with Crippen molar-refractivity contribution in [3.8, 4) is 0 Å². The molecule has 0 heterocycles. The van der Waals surface area contributed by atoms with E-state index in [4.69, 9.17) is 9.47 Å². The van der Waals surface area contributed by atoms with Crippen molar-refractivity contribution in [2.75, 3.05) is 0 Å². The van der Waals surface area contributed by atoms with E-state index in [0.717, 1.165) is 0 Å². The molecule has 0 aliphatic carbocycles. The molecule has 0 aliphatic heterocycles. The first-order valence-electron chi connectivity index (χ1n) is 5.97. The normalized spacial score (nSPS) is 14.3. The van der Waals surface area contributed by atoms with E-state index in [9.17, 15) is 15.0 Å². The molecule has 0 aliphatic rings. The molecule has 5 nitrogen and oxygen atoms in total. The third-order valence-electron chi connectivity index (χ3n) is 3.62. The zero-order valence-electron chi connectivity index (χ0n) is 12.6. The predicted octanol–water partition coefficient (Wildman–Crippen LogP) is 2.24. The van der Waals surface area contributed by atoms with Gasteiger partial charge in [0.2, 0.25) is 0 Å². The standard InChI is InChI=1S/C13H26O5/c1-10(2,15)12(5,6)17-9(14)18-13(7,8)11(3,4)16/h15-16H,1-8H3. The van der Waals surface area contributed by atoms with Crippen LogP contribution in [0, 0.1) is 0 Å². The molecule has 0 amide bonds. The molecule has 0 unspecified atom stereocenters. The van der Waals surface area contributed by atoms with Crippen LogP contribution in [0.2, 0.25) is 0 Å². The van der Waals surface area contributed by atoms with Gasteiger partial charge in [0.15, 0.2) is 0 Å². The maximum Gasteiger partial charge on any atom is 0.509 e. The van der Waals surface area contributed by atoms with Crippen LogP contribution in [-0.2, 0) is 9.47 Å². The zero-order chi connectivity index (χ0) is 15.0. The fourth-order valence-corrected chi connectivity index (χ4v) is 0.687. The largest absolute Gasteiger partial charge is 0.509 e. The summed E-state index contributed by atoms with van der Waals surface area (Å²) in [7, 11) is 0. The highest BCUT2D eigenvalue weighted by Gasteiger charge is 2.43. The number of hydrogen-bond acceptors (Lipinski definition) is 5. The van der Waals surface area contributed by atoms with Crippen molar-refractivity contribution in [1.82, 2.24) is 0 Å². The summed E-state index contributed by atoms with van der Waals surface area (Å²) < 4.78 is 10.2. The van der Waals surface area contributed by atoms with Gasteiger partial charge in [-0.2, -0.15) is 0 Å². The average molecular weight is 262 g/mol. The van der Waals surface area contributed by atoms with E-state index in [2.05, 4.69) is 0 Å². The SMILES string of the molecule is CC(C)(O)C(C)(C)OC(=O)OC(C)(C)C(C)(C)O. The van der Waals surface area contributed by atoms with Gasteiger partial charge in [0.1, 0.15) is 11.2 Å². The summed E-state index contributed by atoms with van der Waals surface area (Å²) in [4.78, 5) is 11.7. The van der Waals surface area contributed by atoms with E-state index in [0.29, 0.717) is 0 Å². The van der Waals surface area contributed by atoms with Gasteiger partial charge in [-0.1, -0.05) is 0 Å². The molecule has 0 spiro atoms. The summed E-state index contributed by atoms with van der Waals surface area (Å²) in [6.45, 7) is 12.5. The molecule has 5 heteroatoms. The second kappa shape index (κ2) is 4.70. The maximum atomic E-state index is 11.7. The summed E-state index contributed by atoms with van der Waals surface area (Å²) in [6.07, 6.45) is -0.922. The average Bonchev–Trinajstić information content (AvgIpc) is 1.95. The number of carbonyl (C=O) groups excluding carboxylic acids is 1. The summed E-state index contributed by atoms with van der Waals surface area (Å²) in [6, 6.07) is 0. The van der Waals surface area contributed by atoms with Gasteiger partial charge in [0, 0.05) is 0 Å². The minimum absolute atomic E-state index is 0.922. The highest BCUT2D eigenvalue weighted by molar-refractivity contribution is 5.61. The van der Waals surface area contributed by atoms with Crippen molar-refractivity contribution in [3.63, 3.8) is 0 Å². The Hall–Kier alpha value is -0.810. The van der Waals surface area contributed by atoms with Crippen LogP contribution in [0.5, 0.6) is 0 Å². The lowest BCUT2D eigenvalue weighted by Crippen LogP contribution is -2.52. The molecule has 0 saturated carbocycles. The summed E-state index contributed by atoms with van der Waals surface area (Å²) >= 11 is 0. The molecule has 0 rings (SSSR count). The highest BCUT2D eigenvalue weighted by Crippen LogP contribution is 2.29. The van der Waals surface area contributed by atoms with Crippen molar-refractivity contribution in [3.05, 3.63) is 0 Å². The minimum Gasteiger partial charge on any atom is -0.425 e. The van der Waals surface area contributed by atoms with Gasteiger partial charge in [0.05, 0.1) is 11.2 Å². The van der Waals surface area contributed by atoms with Crippen molar-refractivity contribution >= 4 is 6.16 Å². The molecule has 0 aromatic heterocycles. The fraction of sp³-hybridized carbons (Fsp3) is 0.923. The Balaban J connectivity index is 4.75. The maximum absolute atomic E-state index is 11.7. The van der Waals surface area contributed by atoms with E-state index >= 15 is 0 Å². The molecule has 0 saturated heterocycles. The van der Waals surface area contributed by atoms with Gasteiger partial charge in [-0.15, -0.1) is 0 Å². The lowest BCUT2D eigenvalue weighted by molar-refractivity contribution is -0.167. The lowest BCUT2D eigenvalue weighted by Gasteiger charge is -2.39. The molecule has 0 aromatic carbocycles. The second-order valence-corrected chi connectivity index (χ2v) is 6.59. The number of ether oxygens (including phenoxy) is 2. The van der Waals surface area contributed by atoms with Crippen LogP contribution >= 0.6 is 0 Å². The van der Waals surface area contributed by atoms with Crippen LogP contribution in [0.3, 0.4) is 0 Å². The van der Waals surface area contributed by atoms with Gasteiger partial charge in [-0.3, -0.25) is 0 Å². The van der Waals surface area contributed by atoms with E-state index in [-0.39, 0.29) is 0 Å². The topological polar surface area (TPSA) is 76.0 Å². The Morgan fingerprint density at radius 2 is 0.944 bits per heavy atom. The van der Waals surface area contributed by atoms with E-state index in [1.807, 2.05) is 0 Å². The van der Waals surface area contributed by atoms with Crippen LogP contribution in [0.4, 0.5) is 4.79 Å². The quantitative estimate of drug-likeness (QED) is 0.760. The molecular formula is C13H26O5. The summed E-state index contributed by atoms with van der Waals surface area (Å²) in [5.74, 6) is 0. The lowest BCUT2D eigenvalue weighted by atomic mass is 9.89. The van der Waals surface area contributed by atoms with Crippen LogP contribution in [0.15, 0.2) is 0 Å². The summed E-state index contributed by atoms with van der Waals surface area (Å²) in [5, 5.41) is 19.7. The Bertz CT molecular complexity index is 274. The molecule has 18 heavy (non-hydrogen) atoms. The van der Waals surface area contributed by atoms with Gasteiger partial charge in [0.25, 0.3) is 0 Å². The molecular weight excluding hydrogens is 236 g/mol. The Kier molecular flexibility index (Phi) is 4.49. The van der Waals surface area contributed by atoms with Crippen molar-refractivity contribution in [1.29, 1.82) is 0 Å². The molecule has 0 bridgehead atoms. The molecule has 0 fully saturated rings. The highest BCUT2D eigenvalue weighted by atomic mass is 16.7. The van der Waals surface area contributed by atoms with Crippen molar-refractivity contribution < 1.29 is 24.5 Å². The second-order valence-electron chi connectivity index (χ2n) is 6.59. The van der Waals surface area contributed by atoms with Crippen molar-refractivity contribution in [2.45, 2.75) is 77.8 Å². The predicted molar refractivity (Wildman–Crippen MR) is 68.3 cm³/mol. The first-order chi connectivity index (χ1) is 7.60. The molecule has 0 aromatic rings. The number of carbonyl (C=O) groups is 1. The number of rotatable bonds is 4. The van der Waals surface area contributed by atoms with Crippen LogP contribution in [0.1, 0.15) is 55.4 Å². The molecule has 2 N–H and O–H groups in total. The molecule has 108 valence electrons.